The monoisotopic (exact) mass is 420 g/mol. The molecule has 1 unspecified atom stereocenters. The third-order valence-electron chi connectivity index (χ3n) is 4.94. The molecule has 0 saturated heterocycles. The zero-order valence-electron chi connectivity index (χ0n) is 19.6. The number of carbonyl (C=O) groups is 3. The first-order chi connectivity index (χ1) is 14.0. The smallest absolute Gasteiger partial charge is 0.324 e. The molecule has 0 radical (unpaired) electrons. The minimum atomic E-state index is -1.88. The molecule has 0 amide bonds. The van der Waals surface area contributed by atoms with Gasteiger partial charge >= 0.3 is 17.9 Å². The molecule has 30 heavy (non-hydrogen) atoms. The first kappa shape index (κ1) is 25.7. The molecule has 0 aliphatic carbocycles. The predicted molar refractivity (Wildman–Crippen MR) is 115 cm³/mol. The van der Waals surface area contributed by atoms with E-state index in [2.05, 4.69) is 6.92 Å². The van der Waals surface area contributed by atoms with Crippen LogP contribution in [0.4, 0.5) is 0 Å². The van der Waals surface area contributed by atoms with E-state index in [0.29, 0.717) is 5.56 Å². The maximum atomic E-state index is 13.3. The molecule has 6 nitrogen and oxygen atoms in total. The van der Waals surface area contributed by atoms with Crippen LogP contribution in [0.2, 0.25) is 0 Å². The van der Waals surface area contributed by atoms with Gasteiger partial charge in [0.25, 0.3) is 0 Å². The highest BCUT2D eigenvalue weighted by Gasteiger charge is 2.56. The lowest BCUT2D eigenvalue weighted by Crippen LogP contribution is -2.48. The summed E-state index contributed by atoms with van der Waals surface area (Å²) in [6.45, 7) is 14.2. The highest BCUT2D eigenvalue weighted by molar-refractivity contribution is 6.05. The summed E-state index contributed by atoms with van der Waals surface area (Å²) in [5.41, 5.74) is 0.0579. The van der Waals surface area contributed by atoms with Gasteiger partial charge in [0.05, 0.1) is 13.2 Å². The Labute approximate surface area is 180 Å². The van der Waals surface area contributed by atoms with Gasteiger partial charge in [0.2, 0.25) is 0 Å². The van der Waals surface area contributed by atoms with Crippen molar-refractivity contribution in [3.8, 4) is 0 Å². The third-order valence-corrected chi connectivity index (χ3v) is 4.94. The molecular formula is C24H36O6. The van der Waals surface area contributed by atoms with Crippen LogP contribution in [-0.2, 0) is 41.4 Å². The van der Waals surface area contributed by atoms with Gasteiger partial charge in [0.15, 0.2) is 5.41 Å². The molecule has 0 spiro atoms. The lowest BCUT2D eigenvalue weighted by atomic mass is 9.72. The summed E-state index contributed by atoms with van der Waals surface area (Å²) in [6, 6.07) is 5.59. The van der Waals surface area contributed by atoms with Crippen molar-refractivity contribution in [1.82, 2.24) is 0 Å². The number of rotatable bonds is 9. The van der Waals surface area contributed by atoms with Crippen LogP contribution in [0.15, 0.2) is 18.2 Å². The molecule has 0 aliphatic rings. The van der Waals surface area contributed by atoms with Crippen LogP contribution in [0, 0.1) is 5.41 Å². The van der Waals surface area contributed by atoms with Gasteiger partial charge in [-0.05, 0) is 71.1 Å². The summed E-state index contributed by atoms with van der Waals surface area (Å²) < 4.78 is 16.1. The standard InChI is InChI=1S/C24H36O6/c1-9-16-13-14-18(15-17(16)10-2)19(20(25)30-23(5,6)7)24(8,21(26)28-11-3)22(27)29-12-4/h13-15,19H,9-12H2,1-8H3. The average Bonchev–Trinajstić information content (AvgIpc) is 2.66. The summed E-state index contributed by atoms with van der Waals surface area (Å²) in [7, 11) is 0. The minimum absolute atomic E-state index is 0.0733. The van der Waals surface area contributed by atoms with Crippen molar-refractivity contribution in [3.05, 3.63) is 34.9 Å². The zero-order chi connectivity index (χ0) is 23.1. The maximum Gasteiger partial charge on any atom is 0.324 e. The molecule has 6 heteroatoms. The second-order valence-electron chi connectivity index (χ2n) is 8.35. The predicted octanol–water partition coefficient (Wildman–Crippen LogP) is 4.37. The Hall–Kier alpha value is -2.37. The van der Waals surface area contributed by atoms with Gasteiger partial charge in [-0.15, -0.1) is 0 Å². The van der Waals surface area contributed by atoms with E-state index >= 15 is 0 Å². The van der Waals surface area contributed by atoms with Crippen molar-refractivity contribution >= 4 is 17.9 Å². The Bertz CT molecular complexity index is 741. The van der Waals surface area contributed by atoms with E-state index < -0.39 is 34.8 Å². The Morgan fingerprint density at radius 3 is 1.73 bits per heavy atom. The van der Waals surface area contributed by atoms with E-state index in [-0.39, 0.29) is 13.2 Å². The van der Waals surface area contributed by atoms with Crippen molar-refractivity contribution in [3.63, 3.8) is 0 Å². The fourth-order valence-electron chi connectivity index (χ4n) is 3.45. The fraction of sp³-hybridized carbons (Fsp3) is 0.625. The largest absolute Gasteiger partial charge is 0.465 e. The van der Waals surface area contributed by atoms with Crippen molar-refractivity contribution in [2.75, 3.05) is 13.2 Å². The summed E-state index contributed by atoms with van der Waals surface area (Å²) >= 11 is 0. The molecule has 0 aromatic heterocycles. The van der Waals surface area contributed by atoms with E-state index in [4.69, 9.17) is 14.2 Å². The summed E-state index contributed by atoms with van der Waals surface area (Å²) in [6.07, 6.45) is 1.60. The summed E-state index contributed by atoms with van der Waals surface area (Å²) in [5.74, 6) is -3.49. The molecule has 0 N–H and O–H groups in total. The lowest BCUT2D eigenvalue weighted by molar-refractivity contribution is -0.181. The molecule has 0 bridgehead atoms. The Kier molecular flexibility index (Phi) is 9.07. The highest BCUT2D eigenvalue weighted by Crippen LogP contribution is 2.41. The zero-order valence-corrected chi connectivity index (χ0v) is 19.6. The average molecular weight is 421 g/mol. The van der Waals surface area contributed by atoms with Crippen LogP contribution < -0.4 is 0 Å². The molecule has 0 fully saturated rings. The molecule has 0 heterocycles. The lowest BCUT2D eigenvalue weighted by Gasteiger charge is -2.34. The molecule has 0 saturated carbocycles. The van der Waals surface area contributed by atoms with E-state index in [1.807, 2.05) is 19.1 Å². The van der Waals surface area contributed by atoms with Crippen molar-refractivity contribution in [2.24, 2.45) is 5.41 Å². The van der Waals surface area contributed by atoms with E-state index in [1.165, 1.54) is 6.92 Å². The fourth-order valence-corrected chi connectivity index (χ4v) is 3.45. The van der Waals surface area contributed by atoms with Crippen LogP contribution in [0.5, 0.6) is 0 Å². The van der Waals surface area contributed by atoms with E-state index in [1.54, 1.807) is 40.7 Å². The second-order valence-corrected chi connectivity index (χ2v) is 8.35. The number of hydrogen-bond acceptors (Lipinski definition) is 6. The van der Waals surface area contributed by atoms with Crippen LogP contribution >= 0.6 is 0 Å². The van der Waals surface area contributed by atoms with Crippen LogP contribution in [0.3, 0.4) is 0 Å². The molecule has 1 atom stereocenters. The van der Waals surface area contributed by atoms with E-state index in [9.17, 15) is 14.4 Å². The number of aryl methyl sites for hydroxylation is 2. The number of ether oxygens (including phenoxy) is 3. The molecule has 0 aliphatic heterocycles. The van der Waals surface area contributed by atoms with Crippen LogP contribution in [0.25, 0.3) is 0 Å². The molecule has 168 valence electrons. The number of esters is 3. The maximum absolute atomic E-state index is 13.3. The molecule has 1 aromatic rings. The minimum Gasteiger partial charge on any atom is -0.465 e. The van der Waals surface area contributed by atoms with Gasteiger partial charge < -0.3 is 14.2 Å². The van der Waals surface area contributed by atoms with Crippen molar-refractivity contribution in [2.45, 2.75) is 79.8 Å². The van der Waals surface area contributed by atoms with Gasteiger partial charge in [-0.1, -0.05) is 32.0 Å². The van der Waals surface area contributed by atoms with Gasteiger partial charge in [-0.2, -0.15) is 0 Å². The Morgan fingerprint density at radius 1 is 0.833 bits per heavy atom. The molecular weight excluding hydrogens is 384 g/mol. The van der Waals surface area contributed by atoms with Crippen LogP contribution in [-0.4, -0.2) is 36.7 Å². The molecule has 1 rings (SSSR count). The molecule has 1 aromatic carbocycles. The number of hydrogen-bond donors (Lipinski definition) is 0. The second kappa shape index (κ2) is 10.6. The van der Waals surface area contributed by atoms with Gasteiger partial charge in [-0.3, -0.25) is 14.4 Å². The summed E-state index contributed by atoms with van der Waals surface area (Å²) in [5, 5.41) is 0. The SMILES string of the molecule is CCOC(=O)C(C)(C(=O)OCC)C(C(=O)OC(C)(C)C)c1ccc(CC)c(CC)c1. The van der Waals surface area contributed by atoms with Gasteiger partial charge in [0, 0.05) is 0 Å². The highest BCUT2D eigenvalue weighted by atomic mass is 16.6. The Balaban J connectivity index is 3.74. The first-order valence-electron chi connectivity index (χ1n) is 10.6. The Morgan fingerprint density at radius 2 is 1.33 bits per heavy atom. The van der Waals surface area contributed by atoms with Gasteiger partial charge in [-0.25, -0.2) is 0 Å². The quantitative estimate of drug-likeness (QED) is 0.335. The van der Waals surface area contributed by atoms with E-state index in [0.717, 1.165) is 24.0 Å². The van der Waals surface area contributed by atoms with Crippen LogP contribution in [0.1, 0.15) is 78.0 Å². The van der Waals surface area contributed by atoms with Gasteiger partial charge in [0.1, 0.15) is 11.5 Å². The third kappa shape index (κ3) is 5.83. The summed E-state index contributed by atoms with van der Waals surface area (Å²) in [4.78, 5) is 39.4. The topological polar surface area (TPSA) is 78.9 Å². The number of carbonyl (C=O) groups excluding carboxylic acids is 3. The van der Waals surface area contributed by atoms with Crippen molar-refractivity contribution in [1.29, 1.82) is 0 Å². The van der Waals surface area contributed by atoms with Crippen molar-refractivity contribution < 1.29 is 28.6 Å². The first-order valence-corrected chi connectivity index (χ1v) is 10.6. The number of benzene rings is 1. The normalized spacial score (nSPS) is 12.8.